The summed E-state index contributed by atoms with van der Waals surface area (Å²) in [7, 11) is 4.78. The van der Waals surface area contributed by atoms with Gasteiger partial charge in [0.2, 0.25) is 11.7 Å². The molecule has 1 unspecified atom stereocenters. The van der Waals surface area contributed by atoms with E-state index in [9.17, 15) is 0 Å². The Hall–Kier alpha value is -3.55. The van der Waals surface area contributed by atoms with Crippen LogP contribution in [0.3, 0.4) is 0 Å². The third kappa shape index (κ3) is 3.37. The van der Waals surface area contributed by atoms with E-state index in [-0.39, 0.29) is 6.04 Å². The number of tetrazole rings is 1. The molecule has 29 heavy (non-hydrogen) atoms. The van der Waals surface area contributed by atoms with Gasteiger partial charge in [-0.05, 0) is 51.7 Å². The van der Waals surface area contributed by atoms with Gasteiger partial charge in [0.15, 0.2) is 11.5 Å². The first-order valence-corrected chi connectivity index (χ1v) is 9.34. The highest BCUT2D eigenvalue weighted by Gasteiger charge is 2.26. The molecular formula is C21H23N5O3. The van der Waals surface area contributed by atoms with Crippen LogP contribution in [0.5, 0.6) is 17.2 Å². The highest BCUT2D eigenvalue weighted by Crippen LogP contribution is 2.42. The van der Waals surface area contributed by atoms with Crippen LogP contribution in [-0.2, 0) is 6.42 Å². The molecule has 1 atom stereocenters. The molecule has 150 valence electrons. The first-order valence-electron chi connectivity index (χ1n) is 9.34. The van der Waals surface area contributed by atoms with Gasteiger partial charge in [-0.25, -0.2) is 0 Å². The number of benzene rings is 2. The van der Waals surface area contributed by atoms with E-state index in [0.29, 0.717) is 23.2 Å². The van der Waals surface area contributed by atoms with Crippen molar-refractivity contribution in [3.63, 3.8) is 0 Å². The monoisotopic (exact) mass is 393 g/mol. The van der Waals surface area contributed by atoms with Crippen LogP contribution >= 0.6 is 0 Å². The molecule has 0 saturated carbocycles. The van der Waals surface area contributed by atoms with Crippen molar-refractivity contribution in [2.75, 3.05) is 26.6 Å². The number of nitrogens with zero attached hydrogens (tertiary/aromatic N) is 4. The first-order chi connectivity index (χ1) is 14.2. The highest BCUT2D eigenvalue weighted by molar-refractivity contribution is 5.77. The predicted molar refractivity (Wildman–Crippen MR) is 109 cm³/mol. The van der Waals surface area contributed by atoms with Crippen molar-refractivity contribution in [1.29, 1.82) is 0 Å². The van der Waals surface area contributed by atoms with Crippen LogP contribution in [-0.4, -0.2) is 41.5 Å². The van der Waals surface area contributed by atoms with Gasteiger partial charge in [-0.2, -0.15) is 4.68 Å². The van der Waals surface area contributed by atoms with E-state index in [0.717, 1.165) is 23.2 Å². The fourth-order valence-electron chi connectivity index (χ4n) is 3.45. The Morgan fingerprint density at radius 1 is 1.00 bits per heavy atom. The summed E-state index contributed by atoms with van der Waals surface area (Å²) in [4.78, 5) is 0. The molecule has 0 spiro atoms. The van der Waals surface area contributed by atoms with Gasteiger partial charge in [0.1, 0.15) is 6.04 Å². The van der Waals surface area contributed by atoms with E-state index in [1.165, 1.54) is 5.56 Å². The van der Waals surface area contributed by atoms with E-state index in [2.05, 4.69) is 58.1 Å². The molecule has 1 aliphatic heterocycles. The van der Waals surface area contributed by atoms with Crippen LogP contribution in [0.1, 0.15) is 29.7 Å². The molecule has 4 rings (SSSR count). The molecule has 0 aliphatic carbocycles. The summed E-state index contributed by atoms with van der Waals surface area (Å²) in [6, 6.07) is 12.0. The number of methoxy groups -OCH3 is 3. The Morgan fingerprint density at radius 2 is 1.69 bits per heavy atom. The van der Waals surface area contributed by atoms with Gasteiger partial charge in [-0.3, -0.25) is 0 Å². The zero-order valence-corrected chi connectivity index (χ0v) is 16.8. The molecule has 0 bridgehead atoms. The maximum atomic E-state index is 5.51. The molecule has 8 heteroatoms. The predicted octanol–water partition coefficient (Wildman–Crippen LogP) is 3.32. The fourth-order valence-corrected chi connectivity index (χ4v) is 3.45. The van der Waals surface area contributed by atoms with E-state index in [1.807, 2.05) is 12.1 Å². The molecule has 2 aromatic carbocycles. The average Bonchev–Trinajstić information content (AvgIpc) is 3.26. The molecule has 0 radical (unpaired) electrons. The number of hydrogen-bond acceptors (Lipinski definition) is 7. The molecule has 1 N–H and O–H groups in total. The van der Waals surface area contributed by atoms with Gasteiger partial charge in [-0.1, -0.05) is 36.3 Å². The molecule has 1 aliphatic rings. The number of aryl methyl sites for hydroxylation is 1. The van der Waals surface area contributed by atoms with Crippen LogP contribution in [0.4, 0.5) is 5.95 Å². The summed E-state index contributed by atoms with van der Waals surface area (Å²) in [5.41, 5.74) is 4.20. The van der Waals surface area contributed by atoms with Crippen LogP contribution in [0.25, 0.3) is 5.70 Å². The number of nitrogens with one attached hydrogen (secondary N) is 1. The van der Waals surface area contributed by atoms with E-state index in [1.54, 1.807) is 26.0 Å². The topological polar surface area (TPSA) is 83.3 Å². The number of allylic oxidation sites excluding steroid dienone is 1. The lowest BCUT2D eigenvalue weighted by Crippen LogP contribution is -2.20. The maximum Gasteiger partial charge on any atom is 0.248 e. The lowest BCUT2D eigenvalue weighted by Gasteiger charge is -2.24. The van der Waals surface area contributed by atoms with Crippen molar-refractivity contribution < 1.29 is 14.2 Å². The quantitative estimate of drug-likeness (QED) is 0.688. The van der Waals surface area contributed by atoms with E-state index in [4.69, 9.17) is 14.2 Å². The van der Waals surface area contributed by atoms with Crippen molar-refractivity contribution in [3.8, 4) is 17.2 Å². The van der Waals surface area contributed by atoms with Gasteiger partial charge >= 0.3 is 0 Å². The number of fused-ring (bicyclic) bond motifs is 1. The number of aromatic nitrogens is 4. The van der Waals surface area contributed by atoms with Gasteiger partial charge in [-0.15, -0.1) is 0 Å². The van der Waals surface area contributed by atoms with E-state index < -0.39 is 0 Å². The number of rotatable bonds is 6. The van der Waals surface area contributed by atoms with Crippen molar-refractivity contribution in [2.24, 2.45) is 0 Å². The molecular weight excluding hydrogens is 370 g/mol. The average molecular weight is 393 g/mol. The van der Waals surface area contributed by atoms with Crippen LogP contribution in [0.2, 0.25) is 0 Å². The zero-order chi connectivity index (χ0) is 20.4. The van der Waals surface area contributed by atoms with Gasteiger partial charge in [0.05, 0.1) is 21.3 Å². The SMILES string of the molecule is CCc1ccc(C2=CC(c3cc(OC)c(OC)c(OC)c3)n3nnnc3N2)cc1. The summed E-state index contributed by atoms with van der Waals surface area (Å²) in [5.74, 6) is 2.28. The van der Waals surface area contributed by atoms with Crippen LogP contribution < -0.4 is 19.5 Å². The van der Waals surface area contributed by atoms with Crippen molar-refractivity contribution in [2.45, 2.75) is 19.4 Å². The lowest BCUT2D eigenvalue weighted by atomic mass is 10.00. The van der Waals surface area contributed by atoms with Gasteiger partial charge in [0, 0.05) is 5.70 Å². The van der Waals surface area contributed by atoms with Crippen LogP contribution in [0.15, 0.2) is 42.5 Å². The number of anilines is 1. The molecule has 1 aromatic heterocycles. The largest absolute Gasteiger partial charge is 0.493 e. The van der Waals surface area contributed by atoms with Gasteiger partial charge in [0.25, 0.3) is 0 Å². The number of ether oxygens (including phenoxy) is 3. The molecule has 3 aromatic rings. The molecule has 0 fully saturated rings. The maximum absolute atomic E-state index is 5.51. The molecule has 0 amide bonds. The number of hydrogen-bond donors (Lipinski definition) is 1. The first kappa shape index (κ1) is 18.8. The van der Waals surface area contributed by atoms with E-state index >= 15 is 0 Å². The summed E-state index contributed by atoms with van der Waals surface area (Å²) < 4.78 is 18.2. The minimum Gasteiger partial charge on any atom is -0.493 e. The van der Waals surface area contributed by atoms with Gasteiger partial charge < -0.3 is 19.5 Å². The summed E-state index contributed by atoms with van der Waals surface area (Å²) in [5, 5.41) is 15.4. The molecule has 8 nitrogen and oxygen atoms in total. The fraction of sp³-hybridized carbons (Fsp3) is 0.286. The third-order valence-electron chi connectivity index (χ3n) is 5.03. The third-order valence-corrected chi connectivity index (χ3v) is 5.03. The summed E-state index contributed by atoms with van der Waals surface area (Å²) in [6.07, 6.45) is 3.09. The summed E-state index contributed by atoms with van der Waals surface area (Å²) >= 11 is 0. The minimum atomic E-state index is -0.240. The van der Waals surface area contributed by atoms with Crippen LogP contribution in [0, 0.1) is 0 Å². The Kier molecular flexibility index (Phi) is 5.07. The Bertz CT molecular complexity index is 1020. The summed E-state index contributed by atoms with van der Waals surface area (Å²) in [6.45, 7) is 2.14. The Morgan fingerprint density at radius 3 is 2.28 bits per heavy atom. The van der Waals surface area contributed by atoms with Crippen molar-refractivity contribution >= 4 is 11.6 Å². The van der Waals surface area contributed by atoms with Crippen molar-refractivity contribution in [1.82, 2.24) is 20.2 Å². The normalized spacial score (nSPS) is 15.2. The zero-order valence-electron chi connectivity index (χ0n) is 16.8. The smallest absolute Gasteiger partial charge is 0.248 e. The standard InChI is InChI=1S/C21H23N5O3/c1-5-13-6-8-14(9-7-13)16-12-17(26-21(22-16)23-24-25-26)15-10-18(27-2)20(29-4)19(11-15)28-3/h6-12,17H,5H2,1-4H3,(H,22,23,25). The van der Waals surface area contributed by atoms with Crippen molar-refractivity contribution in [3.05, 3.63) is 59.2 Å². The molecule has 0 saturated heterocycles. The Labute approximate surface area is 169 Å². The second kappa shape index (κ2) is 7.83. The highest BCUT2D eigenvalue weighted by atomic mass is 16.5. The lowest BCUT2D eigenvalue weighted by molar-refractivity contribution is 0.323. The molecule has 2 heterocycles. The second-order valence-electron chi connectivity index (χ2n) is 6.61. The second-order valence-corrected chi connectivity index (χ2v) is 6.61. The Balaban J connectivity index is 1.82. The minimum absolute atomic E-state index is 0.240.